The predicted octanol–water partition coefficient (Wildman–Crippen LogP) is 2.82. The Hall–Kier alpha value is -0.770. The molecule has 1 aliphatic carbocycles. The molecule has 106 valence electrons. The van der Waals surface area contributed by atoms with Gasteiger partial charge >= 0.3 is 6.09 Å². The van der Waals surface area contributed by atoms with E-state index in [2.05, 4.69) is 10.6 Å². The Morgan fingerprint density at radius 1 is 1.28 bits per heavy atom. The van der Waals surface area contributed by atoms with Crippen LogP contribution in [0.4, 0.5) is 4.79 Å². The molecular formula is C14H28N2O2. The average molecular weight is 256 g/mol. The van der Waals surface area contributed by atoms with Crippen LogP contribution in [-0.4, -0.2) is 30.8 Å². The van der Waals surface area contributed by atoms with E-state index in [-0.39, 0.29) is 11.6 Å². The molecule has 0 radical (unpaired) electrons. The minimum Gasteiger partial charge on any atom is -0.444 e. The highest BCUT2D eigenvalue weighted by Crippen LogP contribution is 2.36. The molecule has 1 rings (SSSR count). The van der Waals surface area contributed by atoms with Crippen LogP contribution in [0.15, 0.2) is 0 Å². The van der Waals surface area contributed by atoms with Crippen LogP contribution in [0, 0.1) is 0 Å². The van der Waals surface area contributed by atoms with Gasteiger partial charge in [-0.25, -0.2) is 4.79 Å². The lowest BCUT2D eigenvalue weighted by molar-refractivity contribution is 0.0367. The van der Waals surface area contributed by atoms with E-state index < -0.39 is 5.60 Å². The summed E-state index contributed by atoms with van der Waals surface area (Å²) in [5.74, 6) is 0. The fourth-order valence-electron chi connectivity index (χ4n) is 2.33. The van der Waals surface area contributed by atoms with Crippen molar-refractivity contribution in [1.82, 2.24) is 10.6 Å². The maximum absolute atomic E-state index is 11.8. The number of rotatable bonds is 6. The Morgan fingerprint density at radius 3 is 2.39 bits per heavy atom. The number of amides is 1. The van der Waals surface area contributed by atoms with Gasteiger partial charge in [0.15, 0.2) is 0 Å². The minimum absolute atomic E-state index is 0.00999. The van der Waals surface area contributed by atoms with Crippen molar-refractivity contribution >= 4 is 6.09 Å². The molecule has 2 N–H and O–H groups in total. The van der Waals surface area contributed by atoms with Gasteiger partial charge in [-0.3, -0.25) is 0 Å². The lowest BCUT2D eigenvalue weighted by atomic mass is 9.73. The first kappa shape index (κ1) is 15.3. The molecule has 0 aromatic carbocycles. The summed E-state index contributed by atoms with van der Waals surface area (Å²) in [6, 6.07) is 0. The maximum Gasteiger partial charge on any atom is 0.408 e. The van der Waals surface area contributed by atoms with Crippen LogP contribution in [0.1, 0.15) is 59.3 Å². The van der Waals surface area contributed by atoms with Gasteiger partial charge in [-0.2, -0.15) is 0 Å². The summed E-state index contributed by atoms with van der Waals surface area (Å²) in [5.41, 5.74) is -0.406. The highest BCUT2D eigenvalue weighted by atomic mass is 16.6. The molecule has 0 atom stereocenters. The average Bonchev–Trinajstić information content (AvgIpc) is 2.17. The third-order valence-corrected chi connectivity index (χ3v) is 3.41. The number of hydrogen-bond donors (Lipinski definition) is 2. The number of carbonyl (C=O) groups is 1. The quantitative estimate of drug-likeness (QED) is 0.718. The van der Waals surface area contributed by atoms with E-state index in [1.165, 1.54) is 6.42 Å². The minimum atomic E-state index is -0.416. The van der Waals surface area contributed by atoms with Crippen LogP contribution in [0.3, 0.4) is 0 Å². The molecule has 0 saturated heterocycles. The number of ether oxygens (including phenoxy) is 1. The summed E-state index contributed by atoms with van der Waals surface area (Å²) < 4.78 is 5.33. The second kappa shape index (κ2) is 6.41. The van der Waals surface area contributed by atoms with E-state index >= 15 is 0 Å². The molecule has 1 fully saturated rings. The van der Waals surface area contributed by atoms with Gasteiger partial charge in [-0.15, -0.1) is 0 Å². The van der Waals surface area contributed by atoms with Gasteiger partial charge in [0.2, 0.25) is 0 Å². The third kappa shape index (κ3) is 5.25. The summed E-state index contributed by atoms with van der Waals surface area (Å²) in [4.78, 5) is 11.8. The Bertz CT molecular complexity index is 267. The van der Waals surface area contributed by atoms with Gasteiger partial charge in [0, 0.05) is 5.54 Å². The van der Waals surface area contributed by atoms with Crippen LogP contribution in [0.2, 0.25) is 0 Å². The highest BCUT2D eigenvalue weighted by Gasteiger charge is 2.38. The number of unbranched alkanes of at least 4 members (excludes halogenated alkanes) is 1. The summed E-state index contributed by atoms with van der Waals surface area (Å²) in [7, 11) is 1.97. The van der Waals surface area contributed by atoms with Gasteiger partial charge in [0.05, 0.1) is 0 Å². The van der Waals surface area contributed by atoms with E-state index in [1.807, 2.05) is 27.8 Å². The molecule has 0 aromatic rings. The number of carbonyl (C=O) groups excluding carboxylic acids is 1. The standard InChI is InChI=1S/C14H28N2O2/c1-13(2,3)18-12(17)16-14(9-7-10-14)8-5-6-11-15-4/h15H,5-11H2,1-4H3,(H,16,17). The Kier molecular flexibility index (Phi) is 5.45. The Balaban J connectivity index is 2.33. The van der Waals surface area contributed by atoms with E-state index in [9.17, 15) is 4.79 Å². The monoisotopic (exact) mass is 256 g/mol. The second-order valence-corrected chi connectivity index (χ2v) is 6.32. The van der Waals surface area contributed by atoms with Crippen molar-refractivity contribution < 1.29 is 9.53 Å². The number of hydrogen-bond acceptors (Lipinski definition) is 3. The summed E-state index contributed by atoms with van der Waals surface area (Å²) >= 11 is 0. The fraction of sp³-hybridized carbons (Fsp3) is 0.929. The first-order valence-electron chi connectivity index (χ1n) is 7.03. The van der Waals surface area contributed by atoms with E-state index in [1.54, 1.807) is 0 Å². The molecule has 0 aromatic heterocycles. The molecule has 4 heteroatoms. The van der Waals surface area contributed by atoms with Crippen molar-refractivity contribution in [3.05, 3.63) is 0 Å². The SMILES string of the molecule is CNCCCCC1(NC(=O)OC(C)(C)C)CCC1. The largest absolute Gasteiger partial charge is 0.444 e. The molecule has 1 amide bonds. The van der Waals surface area contributed by atoms with Crippen LogP contribution in [-0.2, 0) is 4.74 Å². The van der Waals surface area contributed by atoms with Crippen LogP contribution < -0.4 is 10.6 Å². The van der Waals surface area contributed by atoms with Crippen molar-refractivity contribution in [2.75, 3.05) is 13.6 Å². The van der Waals surface area contributed by atoms with Crippen molar-refractivity contribution in [3.63, 3.8) is 0 Å². The predicted molar refractivity (Wildman–Crippen MR) is 73.7 cm³/mol. The van der Waals surface area contributed by atoms with Crippen molar-refractivity contribution in [3.8, 4) is 0 Å². The smallest absolute Gasteiger partial charge is 0.408 e. The fourth-order valence-corrected chi connectivity index (χ4v) is 2.33. The molecule has 0 bridgehead atoms. The Morgan fingerprint density at radius 2 is 1.94 bits per heavy atom. The second-order valence-electron chi connectivity index (χ2n) is 6.32. The zero-order chi connectivity index (χ0) is 13.6. The van der Waals surface area contributed by atoms with Gasteiger partial charge in [0.25, 0.3) is 0 Å². The maximum atomic E-state index is 11.8. The molecule has 1 saturated carbocycles. The summed E-state index contributed by atoms with van der Waals surface area (Å²) in [5, 5.41) is 6.23. The first-order valence-corrected chi connectivity index (χ1v) is 7.03. The van der Waals surface area contributed by atoms with Gasteiger partial charge in [0.1, 0.15) is 5.60 Å². The molecule has 1 aliphatic rings. The topological polar surface area (TPSA) is 50.4 Å². The Labute approximate surface area is 111 Å². The van der Waals surface area contributed by atoms with Gasteiger partial charge < -0.3 is 15.4 Å². The van der Waals surface area contributed by atoms with E-state index in [0.717, 1.165) is 38.6 Å². The molecule has 18 heavy (non-hydrogen) atoms. The van der Waals surface area contributed by atoms with Crippen LogP contribution in [0.5, 0.6) is 0 Å². The number of nitrogens with one attached hydrogen (secondary N) is 2. The zero-order valence-corrected chi connectivity index (χ0v) is 12.3. The zero-order valence-electron chi connectivity index (χ0n) is 12.3. The molecule has 0 aliphatic heterocycles. The summed E-state index contributed by atoms with van der Waals surface area (Å²) in [6.07, 6.45) is 6.49. The first-order chi connectivity index (χ1) is 8.37. The molecule has 0 heterocycles. The lowest BCUT2D eigenvalue weighted by Gasteiger charge is -2.43. The normalized spacial score (nSPS) is 18.0. The van der Waals surface area contributed by atoms with Crippen molar-refractivity contribution in [2.24, 2.45) is 0 Å². The van der Waals surface area contributed by atoms with Crippen molar-refractivity contribution in [2.45, 2.75) is 70.4 Å². The summed E-state index contributed by atoms with van der Waals surface area (Å²) in [6.45, 7) is 6.73. The van der Waals surface area contributed by atoms with Gasteiger partial charge in [-0.05, 0) is 72.9 Å². The molecule has 4 nitrogen and oxygen atoms in total. The van der Waals surface area contributed by atoms with Crippen LogP contribution >= 0.6 is 0 Å². The third-order valence-electron chi connectivity index (χ3n) is 3.41. The lowest BCUT2D eigenvalue weighted by Crippen LogP contribution is -2.54. The number of alkyl carbamates (subject to hydrolysis) is 1. The molecule has 0 spiro atoms. The molecule has 0 unspecified atom stereocenters. The van der Waals surface area contributed by atoms with Crippen molar-refractivity contribution in [1.29, 1.82) is 0 Å². The highest BCUT2D eigenvalue weighted by molar-refractivity contribution is 5.69. The van der Waals surface area contributed by atoms with E-state index in [4.69, 9.17) is 4.74 Å². The van der Waals surface area contributed by atoms with Crippen LogP contribution in [0.25, 0.3) is 0 Å². The molecular weight excluding hydrogens is 228 g/mol. The van der Waals surface area contributed by atoms with E-state index in [0.29, 0.717) is 0 Å². The van der Waals surface area contributed by atoms with Gasteiger partial charge in [-0.1, -0.05) is 0 Å².